The van der Waals surface area contributed by atoms with Gasteiger partial charge in [-0.15, -0.1) is 0 Å². The number of ether oxygens (including phenoxy) is 2. The summed E-state index contributed by atoms with van der Waals surface area (Å²) < 4.78 is 18.9. The van der Waals surface area contributed by atoms with Crippen molar-refractivity contribution in [1.29, 1.82) is 0 Å². The highest BCUT2D eigenvalue weighted by molar-refractivity contribution is 6.30. The maximum atomic E-state index is 13.6. The molecule has 0 spiro atoms. The molecule has 7 nitrogen and oxygen atoms in total. The first-order valence-corrected chi connectivity index (χ1v) is 12.6. The van der Waals surface area contributed by atoms with E-state index in [1.54, 1.807) is 49.6 Å². The lowest BCUT2D eigenvalue weighted by Gasteiger charge is -2.10. The summed E-state index contributed by atoms with van der Waals surface area (Å²) in [5.41, 5.74) is 2.43. The first-order valence-electron chi connectivity index (χ1n) is 12.2. The summed E-state index contributed by atoms with van der Waals surface area (Å²) in [6.07, 6.45) is 1.54. The maximum absolute atomic E-state index is 13.6. The topological polar surface area (TPSA) is 78.9 Å². The van der Waals surface area contributed by atoms with E-state index in [0.29, 0.717) is 50.9 Å². The summed E-state index contributed by atoms with van der Waals surface area (Å²) in [5, 5.41) is 6.26. The Labute approximate surface area is 228 Å². The number of hydrogen-bond acceptors (Lipinski definition) is 6. The molecule has 4 aromatic carbocycles. The van der Waals surface area contributed by atoms with Crippen molar-refractivity contribution in [3.63, 3.8) is 0 Å². The molecule has 6 rings (SSSR count). The average molecular weight is 536 g/mol. The van der Waals surface area contributed by atoms with E-state index in [4.69, 9.17) is 30.5 Å². The predicted octanol–water partition coefficient (Wildman–Crippen LogP) is 6.93. The van der Waals surface area contributed by atoms with Gasteiger partial charge in [0.25, 0.3) is 5.56 Å². The van der Waals surface area contributed by atoms with Crippen molar-refractivity contribution < 1.29 is 13.9 Å². The average Bonchev–Trinajstić information content (AvgIpc) is 3.41. The summed E-state index contributed by atoms with van der Waals surface area (Å²) in [6.45, 7) is 0.368. The second-order valence-electron chi connectivity index (χ2n) is 8.75. The fraction of sp³-hybridized carbons (Fsp3) is 0.0645. The van der Waals surface area contributed by atoms with E-state index in [1.165, 1.54) is 10.9 Å². The molecule has 0 aliphatic heterocycles. The van der Waals surface area contributed by atoms with Crippen LogP contribution in [0.1, 0.15) is 11.1 Å². The zero-order valence-corrected chi connectivity index (χ0v) is 21.6. The molecule has 0 saturated carbocycles. The standard InChI is InChI=1S/C31H22ClN3O4/c1-37-27-12-7-13-28-24(27)17-29(39-28)30-34-25-11-6-5-10-23(25)31(36)35(30)33-18-21-16-22(32)14-15-26(21)38-19-20-8-3-2-4-9-20/h2-18H,19H2,1H3. The number of methoxy groups -OCH3 is 1. The van der Waals surface area contributed by atoms with Crippen LogP contribution in [-0.4, -0.2) is 23.0 Å². The molecule has 192 valence electrons. The Bertz CT molecular complexity index is 1890. The molecule has 39 heavy (non-hydrogen) atoms. The monoisotopic (exact) mass is 535 g/mol. The predicted molar refractivity (Wildman–Crippen MR) is 153 cm³/mol. The molecule has 0 N–H and O–H groups in total. The molecular formula is C31H22ClN3O4. The number of nitrogens with zero attached hydrogens (tertiary/aromatic N) is 3. The van der Waals surface area contributed by atoms with Gasteiger partial charge in [0.2, 0.25) is 5.82 Å². The van der Waals surface area contributed by atoms with Gasteiger partial charge in [0, 0.05) is 10.6 Å². The SMILES string of the molecule is COc1cccc2oc(-c3nc4ccccc4c(=O)n3N=Cc3cc(Cl)ccc3OCc3ccccc3)cc12. The van der Waals surface area contributed by atoms with Gasteiger partial charge < -0.3 is 13.9 Å². The number of rotatable bonds is 7. The third-order valence-electron chi connectivity index (χ3n) is 6.24. The summed E-state index contributed by atoms with van der Waals surface area (Å²) in [4.78, 5) is 18.4. The van der Waals surface area contributed by atoms with Crippen molar-refractivity contribution in [2.75, 3.05) is 7.11 Å². The molecule has 0 atom stereocenters. The van der Waals surface area contributed by atoms with Crippen molar-refractivity contribution in [3.05, 3.63) is 124 Å². The van der Waals surface area contributed by atoms with Crippen molar-refractivity contribution in [3.8, 4) is 23.1 Å². The number of para-hydroxylation sites is 1. The second-order valence-corrected chi connectivity index (χ2v) is 9.19. The molecule has 0 aliphatic carbocycles. The van der Waals surface area contributed by atoms with E-state index in [2.05, 4.69) is 5.10 Å². The summed E-state index contributed by atoms with van der Waals surface area (Å²) in [5.74, 6) is 1.85. The van der Waals surface area contributed by atoms with Crippen molar-refractivity contribution in [2.45, 2.75) is 6.61 Å². The first-order chi connectivity index (χ1) is 19.1. The number of benzene rings is 4. The molecule has 2 aromatic heterocycles. The highest BCUT2D eigenvalue weighted by atomic mass is 35.5. The minimum absolute atomic E-state index is 0.252. The zero-order valence-electron chi connectivity index (χ0n) is 20.9. The van der Waals surface area contributed by atoms with Gasteiger partial charge in [-0.05, 0) is 54.1 Å². The van der Waals surface area contributed by atoms with Gasteiger partial charge in [0.1, 0.15) is 23.7 Å². The third kappa shape index (κ3) is 4.87. The number of halogens is 1. The largest absolute Gasteiger partial charge is 0.496 e. The van der Waals surface area contributed by atoms with Gasteiger partial charge in [-0.25, -0.2) is 4.98 Å². The van der Waals surface area contributed by atoms with Gasteiger partial charge >= 0.3 is 0 Å². The molecule has 8 heteroatoms. The zero-order chi connectivity index (χ0) is 26.8. The van der Waals surface area contributed by atoms with Crippen LogP contribution in [0.2, 0.25) is 5.02 Å². The molecule has 0 fully saturated rings. The first kappa shape index (κ1) is 24.5. The maximum Gasteiger partial charge on any atom is 0.282 e. The van der Waals surface area contributed by atoms with Crippen LogP contribution >= 0.6 is 11.6 Å². The minimum atomic E-state index is -0.340. The van der Waals surface area contributed by atoms with Crippen LogP contribution < -0.4 is 15.0 Å². The molecule has 0 unspecified atom stereocenters. The van der Waals surface area contributed by atoms with Gasteiger partial charge in [0.05, 0.1) is 29.6 Å². The van der Waals surface area contributed by atoms with E-state index in [-0.39, 0.29) is 11.4 Å². The van der Waals surface area contributed by atoms with Crippen molar-refractivity contribution in [2.24, 2.45) is 5.10 Å². The molecule has 0 radical (unpaired) electrons. The quantitative estimate of drug-likeness (QED) is 0.207. The van der Waals surface area contributed by atoms with Gasteiger partial charge in [-0.2, -0.15) is 9.78 Å². The second kappa shape index (κ2) is 10.5. The highest BCUT2D eigenvalue weighted by Crippen LogP contribution is 2.33. The normalized spacial score (nSPS) is 11.4. The lowest BCUT2D eigenvalue weighted by Crippen LogP contribution is -2.20. The number of aromatic nitrogens is 2. The smallest absolute Gasteiger partial charge is 0.282 e. The van der Waals surface area contributed by atoms with Crippen LogP contribution in [-0.2, 0) is 6.61 Å². The van der Waals surface area contributed by atoms with Crippen molar-refractivity contribution >= 4 is 39.7 Å². The Hall–Kier alpha value is -4.88. The summed E-state index contributed by atoms with van der Waals surface area (Å²) in [7, 11) is 1.60. The van der Waals surface area contributed by atoms with Gasteiger partial charge in [0.15, 0.2) is 5.76 Å². The number of fused-ring (bicyclic) bond motifs is 2. The lowest BCUT2D eigenvalue weighted by atomic mass is 10.2. The Morgan fingerprint density at radius 2 is 1.74 bits per heavy atom. The lowest BCUT2D eigenvalue weighted by molar-refractivity contribution is 0.306. The van der Waals surface area contributed by atoms with Crippen LogP contribution in [0.3, 0.4) is 0 Å². The summed E-state index contributed by atoms with van der Waals surface area (Å²) in [6, 6.07) is 29.5. The Morgan fingerprint density at radius 3 is 2.59 bits per heavy atom. The van der Waals surface area contributed by atoms with Crippen LogP contribution in [0.15, 0.2) is 111 Å². The van der Waals surface area contributed by atoms with E-state index < -0.39 is 0 Å². The molecule has 6 aromatic rings. The molecule has 0 aliphatic rings. The van der Waals surface area contributed by atoms with E-state index in [0.717, 1.165) is 10.9 Å². The molecular weight excluding hydrogens is 514 g/mol. The van der Waals surface area contributed by atoms with E-state index in [1.807, 2.05) is 54.6 Å². The number of hydrogen-bond donors (Lipinski definition) is 0. The van der Waals surface area contributed by atoms with Crippen molar-refractivity contribution in [1.82, 2.24) is 9.66 Å². The van der Waals surface area contributed by atoms with Crippen LogP contribution in [0.25, 0.3) is 33.5 Å². The van der Waals surface area contributed by atoms with Crippen LogP contribution in [0, 0.1) is 0 Å². The van der Waals surface area contributed by atoms with Gasteiger partial charge in [-0.1, -0.05) is 60.1 Å². The fourth-order valence-corrected chi connectivity index (χ4v) is 4.50. The summed E-state index contributed by atoms with van der Waals surface area (Å²) >= 11 is 6.30. The molecule has 0 saturated heterocycles. The van der Waals surface area contributed by atoms with Gasteiger partial charge in [-0.3, -0.25) is 4.79 Å². The molecule has 0 amide bonds. The number of furan rings is 1. The Balaban J connectivity index is 1.46. The Kier molecular flexibility index (Phi) is 6.57. The van der Waals surface area contributed by atoms with E-state index >= 15 is 0 Å². The Morgan fingerprint density at radius 1 is 0.923 bits per heavy atom. The molecule has 2 heterocycles. The highest BCUT2D eigenvalue weighted by Gasteiger charge is 2.18. The third-order valence-corrected chi connectivity index (χ3v) is 6.47. The minimum Gasteiger partial charge on any atom is -0.496 e. The van der Waals surface area contributed by atoms with E-state index in [9.17, 15) is 4.79 Å². The van der Waals surface area contributed by atoms with Crippen LogP contribution in [0.4, 0.5) is 0 Å². The van der Waals surface area contributed by atoms with Crippen LogP contribution in [0.5, 0.6) is 11.5 Å². The molecule has 0 bridgehead atoms. The fourth-order valence-electron chi connectivity index (χ4n) is 4.32.